The van der Waals surface area contributed by atoms with Crippen molar-refractivity contribution in [3.05, 3.63) is 35.8 Å². The Balaban J connectivity index is 2.25. The van der Waals surface area contributed by atoms with E-state index in [0.717, 1.165) is 0 Å². The van der Waals surface area contributed by atoms with E-state index in [-0.39, 0.29) is 5.82 Å². The fourth-order valence-electron chi connectivity index (χ4n) is 1.61. The average molecular weight is 243 g/mol. The lowest BCUT2D eigenvalue weighted by atomic mass is 10.1. The summed E-state index contributed by atoms with van der Waals surface area (Å²) >= 11 is 5.54. The first-order chi connectivity index (χ1) is 7.70. The van der Waals surface area contributed by atoms with Crippen molar-refractivity contribution in [2.45, 2.75) is 18.9 Å². The topological polar surface area (TPSA) is 33.4 Å². The van der Waals surface area contributed by atoms with Crippen molar-refractivity contribution in [2.75, 3.05) is 5.88 Å². The number of rotatable bonds is 4. The van der Waals surface area contributed by atoms with Crippen LogP contribution in [0.2, 0.25) is 0 Å². The van der Waals surface area contributed by atoms with Crippen molar-refractivity contribution >= 4 is 22.6 Å². The molecule has 0 saturated carbocycles. The first-order valence-corrected chi connectivity index (χ1v) is 5.67. The van der Waals surface area contributed by atoms with Crippen LogP contribution in [0.1, 0.15) is 24.7 Å². The van der Waals surface area contributed by atoms with Crippen LogP contribution in [0.4, 0.5) is 4.39 Å². The molecule has 1 atom stereocenters. The second kappa shape index (κ2) is 4.85. The van der Waals surface area contributed by atoms with E-state index in [1.165, 1.54) is 12.1 Å². The van der Waals surface area contributed by atoms with E-state index in [1.807, 2.05) is 0 Å². The van der Waals surface area contributed by atoms with Crippen molar-refractivity contribution in [1.82, 2.24) is 0 Å². The number of alkyl halides is 1. The van der Waals surface area contributed by atoms with Gasteiger partial charge in [0.2, 0.25) is 0 Å². The molecule has 1 aromatic carbocycles. The molecule has 0 bridgehead atoms. The zero-order valence-electron chi connectivity index (χ0n) is 8.62. The summed E-state index contributed by atoms with van der Waals surface area (Å²) in [7, 11) is 0. The van der Waals surface area contributed by atoms with Crippen LogP contribution in [0.5, 0.6) is 0 Å². The molecule has 1 aromatic heterocycles. The van der Waals surface area contributed by atoms with Crippen LogP contribution in [0.15, 0.2) is 28.7 Å². The van der Waals surface area contributed by atoms with Gasteiger partial charge in [-0.15, -0.1) is 11.6 Å². The highest BCUT2D eigenvalue weighted by atomic mass is 35.5. The third-order valence-electron chi connectivity index (χ3n) is 2.44. The zero-order valence-corrected chi connectivity index (χ0v) is 9.38. The highest BCUT2D eigenvalue weighted by Gasteiger charge is 2.13. The smallest absolute Gasteiger partial charge is 0.134 e. The average Bonchev–Trinajstić information content (AvgIpc) is 2.68. The third kappa shape index (κ3) is 2.36. The minimum atomic E-state index is -0.672. The molecule has 0 aliphatic heterocycles. The highest BCUT2D eigenvalue weighted by Crippen LogP contribution is 2.26. The second-order valence-electron chi connectivity index (χ2n) is 3.68. The first kappa shape index (κ1) is 11.4. The van der Waals surface area contributed by atoms with Gasteiger partial charge in [-0.2, -0.15) is 0 Å². The fraction of sp³-hybridized carbons (Fsp3) is 0.333. The van der Waals surface area contributed by atoms with Gasteiger partial charge in [-0.1, -0.05) is 0 Å². The molecular formula is C12H12ClFO2. The largest absolute Gasteiger partial charge is 0.458 e. The lowest BCUT2D eigenvalue weighted by Gasteiger charge is -2.04. The number of aliphatic hydroxyl groups is 1. The van der Waals surface area contributed by atoms with Crippen molar-refractivity contribution in [3.8, 4) is 0 Å². The van der Waals surface area contributed by atoms with Gasteiger partial charge in [0.05, 0.1) is 0 Å². The molecule has 0 amide bonds. The minimum absolute atomic E-state index is 0.310. The van der Waals surface area contributed by atoms with Crippen LogP contribution in [0.25, 0.3) is 11.0 Å². The van der Waals surface area contributed by atoms with Crippen molar-refractivity contribution in [3.63, 3.8) is 0 Å². The van der Waals surface area contributed by atoms with E-state index in [9.17, 15) is 9.50 Å². The lowest BCUT2D eigenvalue weighted by molar-refractivity contribution is 0.142. The van der Waals surface area contributed by atoms with Gasteiger partial charge in [0.15, 0.2) is 0 Å². The maximum atomic E-state index is 12.9. The molecule has 86 valence electrons. The van der Waals surface area contributed by atoms with Crippen LogP contribution in [-0.4, -0.2) is 11.0 Å². The minimum Gasteiger partial charge on any atom is -0.458 e. The normalized spacial score (nSPS) is 13.2. The zero-order chi connectivity index (χ0) is 11.5. The number of hydrogen-bond donors (Lipinski definition) is 1. The molecule has 0 radical (unpaired) electrons. The van der Waals surface area contributed by atoms with Gasteiger partial charge in [-0.3, -0.25) is 0 Å². The molecule has 1 unspecified atom stereocenters. The lowest BCUT2D eigenvalue weighted by Crippen LogP contribution is -1.95. The van der Waals surface area contributed by atoms with Crippen LogP contribution in [0, 0.1) is 5.82 Å². The summed E-state index contributed by atoms with van der Waals surface area (Å²) < 4.78 is 18.4. The van der Waals surface area contributed by atoms with Crippen LogP contribution in [-0.2, 0) is 0 Å². The standard InChI is InChI=1S/C12H12ClFO2/c13-5-1-2-10(15)12-7-8-6-9(14)3-4-11(8)16-12/h3-4,6-7,10,15H,1-2,5H2. The monoisotopic (exact) mass is 242 g/mol. The molecule has 16 heavy (non-hydrogen) atoms. The van der Waals surface area contributed by atoms with E-state index >= 15 is 0 Å². The Bertz CT molecular complexity index is 481. The summed E-state index contributed by atoms with van der Waals surface area (Å²) in [6, 6.07) is 5.94. The third-order valence-corrected chi connectivity index (χ3v) is 2.70. The molecule has 1 N–H and O–H groups in total. The van der Waals surface area contributed by atoms with Crippen LogP contribution >= 0.6 is 11.6 Å². The van der Waals surface area contributed by atoms with Gasteiger partial charge in [0, 0.05) is 11.3 Å². The van der Waals surface area contributed by atoms with Gasteiger partial charge >= 0.3 is 0 Å². The maximum Gasteiger partial charge on any atom is 0.134 e. The Morgan fingerprint density at radius 2 is 2.19 bits per heavy atom. The summed E-state index contributed by atoms with van der Waals surface area (Å²) in [6.07, 6.45) is 0.592. The predicted octanol–water partition coefficient (Wildman–Crippen LogP) is 3.62. The number of halogens is 2. The molecule has 0 aliphatic rings. The number of aliphatic hydroxyl groups excluding tert-OH is 1. The van der Waals surface area contributed by atoms with E-state index in [0.29, 0.717) is 35.5 Å². The van der Waals surface area contributed by atoms with Gasteiger partial charge in [0.1, 0.15) is 23.3 Å². The maximum absolute atomic E-state index is 12.9. The number of furan rings is 1. The summed E-state index contributed by atoms with van der Waals surface area (Å²) in [6.45, 7) is 0. The Labute approximate surface area is 97.6 Å². The fourth-order valence-corrected chi connectivity index (χ4v) is 1.77. The molecule has 4 heteroatoms. The summed E-state index contributed by atoms with van der Waals surface area (Å²) in [4.78, 5) is 0. The van der Waals surface area contributed by atoms with Crippen LogP contribution < -0.4 is 0 Å². The van der Waals surface area contributed by atoms with Crippen molar-refractivity contribution in [2.24, 2.45) is 0 Å². The molecule has 0 fully saturated rings. The van der Waals surface area contributed by atoms with Crippen molar-refractivity contribution in [1.29, 1.82) is 0 Å². The molecule has 2 nitrogen and oxygen atoms in total. The van der Waals surface area contributed by atoms with E-state index in [1.54, 1.807) is 12.1 Å². The molecule has 0 aliphatic carbocycles. The van der Waals surface area contributed by atoms with E-state index in [2.05, 4.69) is 0 Å². The Morgan fingerprint density at radius 3 is 2.94 bits per heavy atom. The summed E-state index contributed by atoms with van der Waals surface area (Å²) in [5, 5.41) is 10.4. The molecule has 0 saturated heterocycles. The quantitative estimate of drug-likeness (QED) is 0.831. The van der Waals surface area contributed by atoms with Crippen LogP contribution in [0.3, 0.4) is 0 Å². The van der Waals surface area contributed by atoms with E-state index in [4.69, 9.17) is 16.0 Å². The van der Waals surface area contributed by atoms with Crippen molar-refractivity contribution < 1.29 is 13.9 Å². The van der Waals surface area contributed by atoms with Gasteiger partial charge in [-0.25, -0.2) is 4.39 Å². The molecule has 1 heterocycles. The summed E-state index contributed by atoms with van der Waals surface area (Å²) in [5.74, 6) is 0.659. The molecule has 2 rings (SSSR count). The number of hydrogen-bond acceptors (Lipinski definition) is 2. The van der Waals surface area contributed by atoms with Gasteiger partial charge in [0.25, 0.3) is 0 Å². The highest BCUT2D eigenvalue weighted by molar-refractivity contribution is 6.17. The Morgan fingerprint density at radius 1 is 1.38 bits per heavy atom. The molecule has 0 spiro atoms. The van der Waals surface area contributed by atoms with Gasteiger partial charge in [-0.05, 0) is 37.1 Å². The van der Waals surface area contributed by atoms with Gasteiger partial charge < -0.3 is 9.52 Å². The SMILES string of the molecule is OC(CCCCl)c1cc2cc(F)ccc2o1. The number of fused-ring (bicyclic) bond motifs is 1. The first-order valence-electron chi connectivity index (χ1n) is 5.13. The Kier molecular flexibility index (Phi) is 3.46. The molecule has 2 aromatic rings. The molecular weight excluding hydrogens is 231 g/mol. The Hall–Kier alpha value is -1.06. The number of benzene rings is 1. The second-order valence-corrected chi connectivity index (χ2v) is 4.06. The van der Waals surface area contributed by atoms with E-state index < -0.39 is 6.10 Å². The predicted molar refractivity (Wildman–Crippen MR) is 61.1 cm³/mol. The summed E-state index contributed by atoms with van der Waals surface area (Å²) in [5.41, 5.74) is 0.585.